The number of carbonyl (C=O) groups excluding carboxylic acids is 1. The lowest BCUT2D eigenvalue weighted by atomic mass is 10.1. The normalized spacial score (nSPS) is 12.5. The number of sulfone groups is 1. The van der Waals surface area contributed by atoms with Crippen LogP contribution in [-0.4, -0.2) is 20.9 Å². The molecule has 0 aliphatic carbocycles. The number of hydrogen-bond donors (Lipinski definition) is 1. The summed E-state index contributed by atoms with van der Waals surface area (Å²) in [7, 11) is -3.65. The second kappa shape index (κ2) is 8.71. The predicted molar refractivity (Wildman–Crippen MR) is 113 cm³/mol. The summed E-state index contributed by atoms with van der Waals surface area (Å²) in [6.45, 7) is 3.72. The molecule has 3 rings (SSSR count). The molecule has 1 atom stereocenters. The first-order valence-corrected chi connectivity index (χ1v) is 11.5. The lowest BCUT2D eigenvalue weighted by Gasteiger charge is -2.19. The summed E-state index contributed by atoms with van der Waals surface area (Å²) in [5.74, 6) is -0.191. The van der Waals surface area contributed by atoms with Crippen molar-refractivity contribution < 1.29 is 13.2 Å². The van der Waals surface area contributed by atoms with Crippen molar-refractivity contribution in [2.24, 2.45) is 0 Å². The predicted octanol–water partition coefficient (Wildman–Crippen LogP) is 4.24. The van der Waals surface area contributed by atoms with Crippen LogP contribution in [0.1, 0.15) is 26.8 Å². The van der Waals surface area contributed by atoms with Crippen molar-refractivity contribution in [3.05, 3.63) is 87.6 Å². The highest BCUT2D eigenvalue weighted by molar-refractivity contribution is 7.92. The van der Waals surface area contributed by atoms with Crippen LogP contribution >= 0.6 is 11.3 Å². The van der Waals surface area contributed by atoms with Gasteiger partial charge in [-0.2, -0.15) is 0 Å². The van der Waals surface area contributed by atoms with Gasteiger partial charge in [-0.25, -0.2) is 8.42 Å². The quantitative estimate of drug-likeness (QED) is 0.630. The van der Waals surface area contributed by atoms with Crippen LogP contribution in [0.15, 0.2) is 70.9 Å². The van der Waals surface area contributed by atoms with Gasteiger partial charge < -0.3 is 5.32 Å². The number of rotatable bonds is 7. The maximum atomic E-state index is 13.4. The molecule has 146 valence electrons. The van der Waals surface area contributed by atoms with Crippen molar-refractivity contribution in [1.82, 2.24) is 5.32 Å². The van der Waals surface area contributed by atoms with Gasteiger partial charge in [0.05, 0.1) is 11.3 Å². The smallest absolute Gasteiger partial charge is 0.224 e. The molecule has 1 amide bonds. The van der Waals surface area contributed by atoms with E-state index < -0.39 is 15.1 Å². The summed E-state index contributed by atoms with van der Waals surface area (Å²) in [4.78, 5) is 13.4. The van der Waals surface area contributed by atoms with E-state index in [0.29, 0.717) is 10.5 Å². The molecule has 4 nitrogen and oxygen atoms in total. The molecule has 6 heteroatoms. The van der Waals surface area contributed by atoms with Gasteiger partial charge in [-0.15, -0.1) is 11.3 Å². The summed E-state index contributed by atoms with van der Waals surface area (Å²) in [6.07, 6.45) is 0.224. The SMILES string of the molecule is Cc1ccc(C)c(S(=O)(=O)[C@H](CNC(=O)Cc2ccccc2)c2cccs2)c1. The zero-order valence-corrected chi connectivity index (χ0v) is 17.5. The second-order valence-electron chi connectivity index (χ2n) is 6.78. The van der Waals surface area contributed by atoms with Crippen LogP contribution in [0.5, 0.6) is 0 Å². The summed E-state index contributed by atoms with van der Waals surface area (Å²) in [5, 5.41) is 3.86. The average molecular weight is 414 g/mol. The van der Waals surface area contributed by atoms with Crippen molar-refractivity contribution in [3.8, 4) is 0 Å². The minimum atomic E-state index is -3.65. The van der Waals surface area contributed by atoms with E-state index in [9.17, 15) is 13.2 Å². The molecule has 0 aliphatic heterocycles. The zero-order valence-electron chi connectivity index (χ0n) is 15.9. The fourth-order valence-corrected chi connectivity index (χ4v) is 6.17. The molecule has 1 heterocycles. The average Bonchev–Trinajstić information content (AvgIpc) is 3.18. The molecule has 1 N–H and O–H groups in total. The highest BCUT2D eigenvalue weighted by Crippen LogP contribution is 2.33. The van der Waals surface area contributed by atoms with E-state index in [4.69, 9.17) is 0 Å². The van der Waals surface area contributed by atoms with Crippen molar-refractivity contribution >= 4 is 27.1 Å². The van der Waals surface area contributed by atoms with Gasteiger partial charge >= 0.3 is 0 Å². The molecular weight excluding hydrogens is 390 g/mol. The number of nitrogens with one attached hydrogen (secondary N) is 1. The Labute approximate surface area is 170 Å². The topological polar surface area (TPSA) is 63.2 Å². The Morgan fingerprint density at radius 2 is 1.79 bits per heavy atom. The summed E-state index contributed by atoms with van der Waals surface area (Å²) in [5.41, 5.74) is 2.50. The van der Waals surface area contributed by atoms with E-state index >= 15 is 0 Å². The monoisotopic (exact) mass is 413 g/mol. The molecule has 3 aromatic rings. The Morgan fingerprint density at radius 1 is 1.04 bits per heavy atom. The minimum Gasteiger partial charge on any atom is -0.354 e. The Balaban J connectivity index is 1.84. The van der Waals surface area contributed by atoms with E-state index in [1.165, 1.54) is 11.3 Å². The number of amides is 1. The lowest BCUT2D eigenvalue weighted by molar-refractivity contribution is -0.120. The molecule has 0 saturated carbocycles. The van der Waals surface area contributed by atoms with Crippen LogP contribution in [0.25, 0.3) is 0 Å². The number of aryl methyl sites for hydroxylation is 2. The minimum absolute atomic E-state index is 0.0435. The molecule has 1 aromatic heterocycles. The van der Waals surface area contributed by atoms with E-state index in [1.54, 1.807) is 19.1 Å². The van der Waals surface area contributed by atoms with Crippen LogP contribution in [0.3, 0.4) is 0 Å². The van der Waals surface area contributed by atoms with Crippen LogP contribution in [0.2, 0.25) is 0 Å². The third kappa shape index (κ3) is 4.69. The Morgan fingerprint density at radius 3 is 2.46 bits per heavy atom. The van der Waals surface area contributed by atoms with Crippen LogP contribution in [0, 0.1) is 13.8 Å². The van der Waals surface area contributed by atoms with E-state index in [1.807, 2.05) is 60.8 Å². The third-order valence-electron chi connectivity index (χ3n) is 4.58. The molecule has 28 heavy (non-hydrogen) atoms. The van der Waals surface area contributed by atoms with Crippen LogP contribution in [-0.2, 0) is 21.1 Å². The maximum absolute atomic E-state index is 13.4. The van der Waals surface area contributed by atoms with Gasteiger partial charge in [0.1, 0.15) is 5.25 Å². The number of benzene rings is 2. The van der Waals surface area contributed by atoms with Gasteiger partial charge in [-0.3, -0.25) is 4.79 Å². The van der Waals surface area contributed by atoms with Crippen molar-refractivity contribution in [2.75, 3.05) is 6.54 Å². The van der Waals surface area contributed by atoms with Gasteiger partial charge in [0.2, 0.25) is 5.91 Å². The summed E-state index contributed by atoms with van der Waals surface area (Å²) >= 11 is 1.39. The highest BCUT2D eigenvalue weighted by atomic mass is 32.2. The van der Waals surface area contributed by atoms with Gasteiger partial charge in [-0.05, 0) is 48.1 Å². The maximum Gasteiger partial charge on any atom is 0.224 e. The van der Waals surface area contributed by atoms with Gasteiger partial charge in [0, 0.05) is 11.4 Å². The summed E-state index contributed by atoms with van der Waals surface area (Å²) < 4.78 is 26.9. The Kier molecular flexibility index (Phi) is 6.31. The number of hydrogen-bond acceptors (Lipinski definition) is 4. The Bertz CT molecular complexity index is 1040. The summed E-state index contributed by atoms with van der Waals surface area (Å²) in [6, 6.07) is 18.5. The van der Waals surface area contributed by atoms with E-state index in [2.05, 4.69) is 5.32 Å². The highest BCUT2D eigenvalue weighted by Gasteiger charge is 2.31. The number of thiophene rings is 1. The fraction of sp³-hybridized carbons (Fsp3) is 0.227. The lowest BCUT2D eigenvalue weighted by Crippen LogP contribution is -2.32. The third-order valence-corrected chi connectivity index (χ3v) is 7.94. The van der Waals surface area contributed by atoms with E-state index in [0.717, 1.165) is 16.0 Å². The largest absolute Gasteiger partial charge is 0.354 e. The van der Waals surface area contributed by atoms with Crippen molar-refractivity contribution in [3.63, 3.8) is 0 Å². The molecular formula is C22H23NO3S2. The van der Waals surface area contributed by atoms with Gasteiger partial charge in [-0.1, -0.05) is 48.5 Å². The first-order valence-electron chi connectivity index (χ1n) is 9.03. The Hall–Kier alpha value is -2.44. The molecule has 2 aromatic carbocycles. The van der Waals surface area contributed by atoms with Gasteiger partial charge in [0.15, 0.2) is 9.84 Å². The molecule has 0 spiro atoms. The fourth-order valence-electron chi connectivity index (χ4n) is 3.06. The van der Waals surface area contributed by atoms with Crippen LogP contribution < -0.4 is 5.32 Å². The zero-order chi connectivity index (χ0) is 20.1. The standard InChI is InChI=1S/C22H23NO3S2/c1-16-10-11-17(2)20(13-16)28(25,26)21(19-9-6-12-27-19)15-23-22(24)14-18-7-4-3-5-8-18/h3-13,21H,14-15H2,1-2H3,(H,23,24)/t21-/m1/s1. The molecule has 0 radical (unpaired) electrons. The molecule has 0 bridgehead atoms. The molecule has 0 saturated heterocycles. The second-order valence-corrected chi connectivity index (χ2v) is 9.86. The van der Waals surface area contributed by atoms with Crippen molar-refractivity contribution in [2.45, 2.75) is 30.4 Å². The molecule has 0 unspecified atom stereocenters. The first kappa shape index (κ1) is 20.3. The van der Waals surface area contributed by atoms with Gasteiger partial charge in [0.25, 0.3) is 0 Å². The van der Waals surface area contributed by atoms with E-state index in [-0.39, 0.29) is 18.9 Å². The first-order chi connectivity index (χ1) is 13.4. The van der Waals surface area contributed by atoms with Crippen molar-refractivity contribution in [1.29, 1.82) is 0 Å². The molecule has 0 fully saturated rings. The van der Waals surface area contributed by atoms with Crippen LogP contribution in [0.4, 0.5) is 0 Å². The number of carbonyl (C=O) groups is 1. The molecule has 0 aliphatic rings.